The Morgan fingerprint density at radius 2 is 2.04 bits per heavy atom. The minimum Gasteiger partial charge on any atom is -0.471 e. The molecule has 9 heteroatoms. The number of nitrogens with zero attached hydrogens (tertiary/aromatic N) is 7. The maximum atomic E-state index is 11.9. The highest BCUT2D eigenvalue weighted by Crippen LogP contribution is 2.28. The number of hydrogen-bond donors (Lipinski definition) is 0. The van der Waals surface area contributed by atoms with Gasteiger partial charge in [-0.2, -0.15) is 4.98 Å². The third-order valence-corrected chi connectivity index (χ3v) is 4.74. The first-order valence-corrected chi connectivity index (χ1v) is 8.97. The lowest BCUT2D eigenvalue weighted by atomic mass is 10.3. The lowest BCUT2D eigenvalue weighted by Gasteiger charge is -2.16. The molecular formula is C18H21N7O2. The fraction of sp³-hybridized carbons (Fsp3) is 0.444. The SMILES string of the molecule is CCC(=O)N1CC[C@H](Oc2ncnc3c2nc(-c2cnc(C)nc2)n3C)C1. The van der Waals surface area contributed by atoms with E-state index in [9.17, 15) is 4.79 Å². The van der Waals surface area contributed by atoms with Gasteiger partial charge in [-0.15, -0.1) is 0 Å². The molecule has 140 valence electrons. The number of rotatable bonds is 4. The second-order valence-electron chi connectivity index (χ2n) is 6.59. The van der Waals surface area contributed by atoms with Crippen LogP contribution in [0, 0.1) is 6.92 Å². The van der Waals surface area contributed by atoms with Crippen molar-refractivity contribution < 1.29 is 9.53 Å². The summed E-state index contributed by atoms with van der Waals surface area (Å²) in [6.45, 7) is 4.99. The van der Waals surface area contributed by atoms with E-state index < -0.39 is 0 Å². The van der Waals surface area contributed by atoms with Crippen molar-refractivity contribution in [2.75, 3.05) is 13.1 Å². The Bertz CT molecular complexity index is 983. The molecule has 4 rings (SSSR count). The van der Waals surface area contributed by atoms with Crippen LogP contribution in [0.1, 0.15) is 25.6 Å². The van der Waals surface area contributed by atoms with E-state index in [0.29, 0.717) is 48.2 Å². The maximum Gasteiger partial charge on any atom is 0.245 e. The number of imidazole rings is 1. The molecule has 4 heterocycles. The summed E-state index contributed by atoms with van der Waals surface area (Å²) in [7, 11) is 1.89. The van der Waals surface area contributed by atoms with Crippen molar-refractivity contribution in [2.45, 2.75) is 32.8 Å². The van der Waals surface area contributed by atoms with Gasteiger partial charge in [0.15, 0.2) is 11.2 Å². The van der Waals surface area contributed by atoms with E-state index in [4.69, 9.17) is 4.74 Å². The first-order valence-electron chi connectivity index (χ1n) is 8.97. The predicted octanol–water partition coefficient (Wildman–Crippen LogP) is 1.52. The Balaban J connectivity index is 1.64. The normalized spacial score (nSPS) is 16.9. The molecule has 0 bridgehead atoms. The third kappa shape index (κ3) is 3.20. The number of likely N-dealkylation sites (tertiary alicyclic amines) is 1. The molecular weight excluding hydrogens is 346 g/mol. The molecule has 0 N–H and O–H groups in total. The molecule has 9 nitrogen and oxygen atoms in total. The monoisotopic (exact) mass is 367 g/mol. The van der Waals surface area contributed by atoms with Crippen LogP contribution in [0.25, 0.3) is 22.6 Å². The van der Waals surface area contributed by atoms with E-state index in [-0.39, 0.29) is 12.0 Å². The number of amides is 1. The van der Waals surface area contributed by atoms with Crippen LogP contribution in [0.3, 0.4) is 0 Å². The zero-order valence-electron chi connectivity index (χ0n) is 15.6. The van der Waals surface area contributed by atoms with Crippen LogP contribution in [0.4, 0.5) is 0 Å². The molecule has 1 amide bonds. The highest BCUT2D eigenvalue weighted by Gasteiger charge is 2.28. The van der Waals surface area contributed by atoms with Crippen molar-refractivity contribution in [1.29, 1.82) is 0 Å². The maximum absolute atomic E-state index is 11.9. The highest BCUT2D eigenvalue weighted by molar-refractivity contribution is 5.81. The Kier molecular flexibility index (Phi) is 4.43. The standard InChI is InChI=1S/C18H21N7O2/c1-4-14(26)25-6-5-13(9-25)27-18-15-17(21-10-22-18)24(3)16(23-15)12-7-19-11(2)20-8-12/h7-8,10,13H,4-6,9H2,1-3H3/t13-/m0/s1. The second-order valence-corrected chi connectivity index (χ2v) is 6.59. The van der Waals surface area contributed by atoms with Gasteiger partial charge in [-0.25, -0.2) is 19.9 Å². The quantitative estimate of drug-likeness (QED) is 0.689. The van der Waals surface area contributed by atoms with Crippen molar-refractivity contribution in [2.24, 2.45) is 7.05 Å². The molecule has 0 saturated carbocycles. The van der Waals surface area contributed by atoms with E-state index in [1.807, 2.05) is 30.4 Å². The van der Waals surface area contributed by atoms with Crippen LogP contribution in [-0.2, 0) is 11.8 Å². The second kappa shape index (κ2) is 6.90. The van der Waals surface area contributed by atoms with Crippen LogP contribution in [0.15, 0.2) is 18.7 Å². The highest BCUT2D eigenvalue weighted by atomic mass is 16.5. The van der Waals surface area contributed by atoms with Crippen molar-refractivity contribution in [1.82, 2.24) is 34.4 Å². The molecule has 27 heavy (non-hydrogen) atoms. The van der Waals surface area contributed by atoms with Gasteiger partial charge in [0.05, 0.1) is 12.1 Å². The van der Waals surface area contributed by atoms with Gasteiger partial charge in [0.2, 0.25) is 11.8 Å². The number of carbonyl (C=O) groups excluding carboxylic acids is 1. The Labute approximate surface area is 156 Å². The number of ether oxygens (including phenoxy) is 1. The molecule has 3 aromatic rings. The number of aryl methyl sites for hydroxylation is 2. The minimum atomic E-state index is -0.0910. The lowest BCUT2D eigenvalue weighted by molar-refractivity contribution is -0.130. The van der Waals surface area contributed by atoms with E-state index >= 15 is 0 Å². The molecule has 3 aromatic heterocycles. The van der Waals surface area contributed by atoms with Gasteiger partial charge in [0.1, 0.15) is 24.1 Å². The van der Waals surface area contributed by atoms with Crippen LogP contribution >= 0.6 is 0 Å². The Morgan fingerprint density at radius 3 is 2.78 bits per heavy atom. The topological polar surface area (TPSA) is 98.9 Å². The van der Waals surface area contributed by atoms with Gasteiger partial charge in [-0.05, 0) is 6.92 Å². The molecule has 0 unspecified atom stereocenters. The average molecular weight is 367 g/mol. The Hall–Kier alpha value is -3.10. The van der Waals surface area contributed by atoms with Gasteiger partial charge in [-0.3, -0.25) is 4.79 Å². The van der Waals surface area contributed by atoms with E-state index in [1.54, 1.807) is 12.4 Å². The van der Waals surface area contributed by atoms with Gasteiger partial charge >= 0.3 is 0 Å². The smallest absolute Gasteiger partial charge is 0.245 e. The summed E-state index contributed by atoms with van der Waals surface area (Å²) in [5.41, 5.74) is 2.07. The van der Waals surface area contributed by atoms with Crippen LogP contribution < -0.4 is 4.74 Å². The van der Waals surface area contributed by atoms with Gasteiger partial charge in [-0.1, -0.05) is 6.92 Å². The van der Waals surface area contributed by atoms with E-state index in [1.165, 1.54) is 6.33 Å². The lowest BCUT2D eigenvalue weighted by Crippen LogP contribution is -2.30. The van der Waals surface area contributed by atoms with Gasteiger partial charge < -0.3 is 14.2 Å². The molecule has 0 radical (unpaired) electrons. The summed E-state index contributed by atoms with van der Waals surface area (Å²) in [6, 6.07) is 0. The number of fused-ring (bicyclic) bond motifs is 1. The summed E-state index contributed by atoms with van der Waals surface area (Å²) < 4.78 is 7.96. The predicted molar refractivity (Wildman–Crippen MR) is 98.0 cm³/mol. The molecule has 0 aliphatic carbocycles. The number of carbonyl (C=O) groups is 1. The molecule has 1 aliphatic heterocycles. The fourth-order valence-corrected chi connectivity index (χ4v) is 3.26. The van der Waals surface area contributed by atoms with Crippen LogP contribution in [0.2, 0.25) is 0 Å². The largest absolute Gasteiger partial charge is 0.471 e. The zero-order valence-corrected chi connectivity index (χ0v) is 15.6. The van der Waals surface area contributed by atoms with Crippen molar-refractivity contribution in [3.05, 3.63) is 24.5 Å². The molecule has 0 spiro atoms. The van der Waals surface area contributed by atoms with E-state index in [0.717, 1.165) is 12.0 Å². The van der Waals surface area contributed by atoms with Crippen LogP contribution in [-0.4, -0.2) is 59.5 Å². The van der Waals surface area contributed by atoms with Gasteiger partial charge in [0, 0.05) is 38.8 Å². The third-order valence-electron chi connectivity index (χ3n) is 4.74. The molecule has 0 aromatic carbocycles. The summed E-state index contributed by atoms with van der Waals surface area (Å²) in [4.78, 5) is 35.5. The molecule has 1 aliphatic rings. The molecule has 1 atom stereocenters. The van der Waals surface area contributed by atoms with Crippen molar-refractivity contribution >= 4 is 17.1 Å². The van der Waals surface area contributed by atoms with Crippen molar-refractivity contribution in [3.63, 3.8) is 0 Å². The first-order chi connectivity index (χ1) is 13.1. The number of aromatic nitrogens is 6. The van der Waals surface area contributed by atoms with E-state index in [2.05, 4.69) is 24.9 Å². The summed E-state index contributed by atoms with van der Waals surface area (Å²) in [6.07, 6.45) is 6.14. The zero-order chi connectivity index (χ0) is 19.0. The average Bonchev–Trinajstić information content (AvgIpc) is 3.28. The van der Waals surface area contributed by atoms with Crippen LogP contribution in [0.5, 0.6) is 5.88 Å². The summed E-state index contributed by atoms with van der Waals surface area (Å²) in [5.74, 6) is 1.98. The van der Waals surface area contributed by atoms with Gasteiger partial charge in [0.25, 0.3) is 0 Å². The minimum absolute atomic E-state index is 0.0910. The van der Waals surface area contributed by atoms with Crippen molar-refractivity contribution in [3.8, 4) is 17.3 Å². The molecule has 1 saturated heterocycles. The number of hydrogen-bond acceptors (Lipinski definition) is 7. The summed E-state index contributed by atoms with van der Waals surface area (Å²) >= 11 is 0. The summed E-state index contributed by atoms with van der Waals surface area (Å²) in [5, 5.41) is 0. The fourth-order valence-electron chi connectivity index (χ4n) is 3.26. The first kappa shape index (κ1) is 17.3. The molecule has 1 fully saturated rings. The Morgan fingerprint density at radius 1 is 1.26 bits per heavy atom.